The smallest absolute Gasteiger partial charge is 0.146 e. The second-order valence-corrected chi connectivity index (χ2v) is 3.91. The minimum Gasteiger partial charge on any atom is -0.298 e. The van der Waals surface area contributed by atoms with Gasteiger partial charge in [0.1, 0.15) is 5.78 Å². The van der Waals surface area contributed by atoms with E-state index in [2.05, 4.69) is 6.08 Å². The molecule has 2 unspecified atom stereocenters. The van der Waals surface area contributed by atoms with E-state index in [1.54, 1.807) is 0 Å². The Bertz CT molecular complexity index is 258. The lowest BCUT2D eigenvalue weighted by molar-refractivity contribution is -0.146. The molecule has 0 aromatic carbocycles. The lowest BCUT2D eigenvalue weighted by atomic mass is 9.53. The Morgan fingerprint density at radius 1 is 1.27 bits per heavy atom. The number of fused-ring (bicyclic) bond motifs is 1. The first-order valence-corrected chi connectivity index (χ1v) is 4.03. The van der Waals surface area contributed by atoms with Crippen LogP contribution in [-0.4, -0.2) is 5.78 Å². The second-order valence-electron chi connectivity index (χ2n) is 3.91. The molecule has 0 amide bonds. The lowest BCUT2D eigenvalue weighted by Gasteiger charge is -2.47. The van der Waals surface area contributed by atoms with Gasteiger partial charge < -0.3 is 0 Å². The zero-order valence-corrected chi connectivity index (χ0v) is 6.87. The summed E-state index contributed by atoms with van der Waals surface area (Å²) in [5, 5.41) is 0. The fourth-order valence-electron chi connectivity index (χ4n) is 2.04. The molecule has 0 aliphatic heterocycles. The van der Waals surface area contributed by atoms with Crippen molar-refractivity contribution in [3.63, 3.8) is 0 Å². The summed E-state index contributed by atoms with van der Waals surface area (Å²) in [7, 11) is 0. The lowest BCUT2D eigenvalue weighted by Crippen LogP contribution is -2.53. The third-order valence-electron chi connectivity index (χ3n) is 2.91. The Kier molecular flexibility index (Phi) is 1.15. The average molecular weight is 148 g/mol. The van der Waals surface area contributed by atoms with Crippen LogP contribution < -0.4 is 0 Å². The molecule has 0 aromatic heterocycles. The van der Waals surface area contributed by atoms with Crippen molar-refractivity contribution in [3.8, 4) is 0 Å². The molecular weight excluding hydrogens is 136 g/mol. The fourth-order valence-corrected chi connectivity index (χ4v) is 2.04. The molecule has 0 radical (unpaired) electrons. The molecule has 1 heteroatoms. The Morgan fingerprint density at radius 2 is 1.91 bits per heavy atom. The van der Waals surface area contributed by atoms with Gasteiger partial charge in [-0.05, 0) is 0 Å². The van der Waals surface area contributed by atoms with Crippen LogP contribution in [0.25, 0.3) is 0 Å². The monoisotopic (exact) mass is 148 g/mol. The highest BCUT2D eigenvalue weighted by Gasteiger charge is 2.53. The maximum Gasteiger partial charge on any atom is 0.146 e. The average Bonchev–Trinajstić information content (AvgIpc) is 2.04. The number of Topliss-reactive ketones (excluding diaryl/α,β-unsaturated/α-hetero) is 1. The third kappa shape index (κ3) is 0.684. The number of allylic oxidation sites excluding steroid dienone is 4. The van der Waals surface area contributed by atoms with E-state index in [4.69, 9.17) is 0 Å². The zero-order chi connectivity index (χ0) is 8.06. The number of carbonyl (C=O) groups is 1. The highest BCUT2D eigenvalue weighted by molar-refractivity contribution is 5.95. The number of carbonyl (C=O) groups excluding carboxylic acids is 1. The van der Waals surface area contributed by atoms with Crippen molar-refractivity contribution in [3.05, 3.63) is 24.3 Å². The molecule has 0 heterocycles. The van der Waals surface area contributed by atoms with Crippen molar-refractivity contribution < 1.29 is 4.79 Å². The summed E-state index contributed by atoms with van der Waals surface area (Å²) in [4.78, 5) is 11.4. The summed E-state index contributed by atoms with van der Waals surface area (Å²) in [5.41, 5.74) is -0.105. The third-order valence-corrected chi connectivity index (χ3v) is 2.91. The Hall–Kier alpha value is -0.850. The number of hydrogen-bond donors (Lipinski definition) is 0. The zero-order valence-electron chi connectivity index (χ0n) is 6.87. The molecule has 2 aliphatic carbocycles. The van der Waals surface area contributed by atoms with E-state index in [9.17, 15) is 4.79 Å². The molecule has 1 fully saturated rings. The minimum atomic E-state index is -0.105. The van der Waals surface area contributed by atoms with Gasteiger partial charge in [0, 0.05) is 17.3 Å². The van der Waals surface area contributed by atoms with Crippen LogP contribution >= 0.6 is 0 Å². The topological polar surface area (TPSA) is 17.1 Å². The van der Waals surface area contributed by atoms with E-state index >= 15 is 0 Å². The SMILES string of the molecule is CC1(C)C(=O)C2C=CC=CC21. The molecule has 0 spiro atoms. The van der Waals surface area contributed by atoms with E-state index in [1.807, 2.05) is 32.1 Å². The van der Waals surface area contributed by atoms with Crippen LogP contribution in [0.5, 0.6) is 0 Å². The van der Waals surface area contributed by atoms with E-state index in [0.717, 1.165) is 0 Å². The van der Waals surface area contributed by atoms with Crippen molar-refractivity contribution in [1.29, 1.82) is 0 Å². The number of hydrogen-bond acceptors (Lipinski definition) is 1. The molecule has 2 atom stereocenters. The van der Waals surface area contributed by atoms with Crippen LogP contribution in [0.4, 0.5) is 0 Å². The molecule has 2 rings (SSSR count). The predicted molar refractivity (Wildman–Crippen MR) is 44.0 cm³/mol. The van der Waals surface area contributed by atoms with E-state index in [1.165, 1.54) is 0 Å². The minimum absolute atomic E-state index is 0.105. The Morgan fingerprint density at radius 3 is 2.55 bits per heavy atom. The van der Waals surface area contributed by atoms with Gasteiger partial charge in [-0.1, -0.05) is 38.2 Å². The molecule has 1 saturated carbocycles. The van der Waals surface area contributed by atoms with Gasteiger partial charge in [-0.3, -0.25) is 4.79 Å². The normalized spacial score (nSPS) is 38.2. The molecular formula is C10H12O. The largest absolute Gasteiger partial charge is 0.298 e. The van der Waals surface area contributed by atoms with Crippen LogP contribution in [0.3, 0.4) is 0 Å². The number of rotatable bonds is 0. The van der Waals surface area contributed by atoms with Crippen molar-refractivity contribution in [2.24, 2.45) is 17.3 Å². The van der Waals surface area contributed by atoms with E-state index in [0.29, 0.717) is 11.7 Å². The summed E-state index contributed by atoms with van der Waals surface area (Å²) in [6.45, 7) is 4.06. The van der Waals surface area contributed by atoms with Gasteiger partial charge in [0.05, 0.1) is 0 Å². The van der Waals surface area contributed by atoms with E-state index < -0.39 is 0 Å². The van der Waals surface area contributed by atoms with Gasteiger partial charge in [0.15, 0.2) is 0 Å². The van der Waals surface area contributed by atoms with Gasteiger partial charge in [-0.15, -0.1) is 0 Å². The molecule has 11 heavy (non-hydrogen) atoms. The number of ketones is 1. The van der Waals surface area contributed by atoms with Crippen LogP contribution in [-0.2, 0) is 4.79 Å². The molecule has 0 aromatic rings. The Balaban J connectivity index is 2.32. The summed E-state index contributed by atoms with van der Waals surface area (Å²) >= 11 is 0. The Labute approximate surface area is 66.8 Å². The first-order chi connectivity index (χ1) is 5.14. The van der Waals surface area contributed by atoms with Gasteiger partial charge in [0.2, 0.25) is 0 Å². The molecule has 58 valence electrons. The summed E-state index contributed by atoms with van der Waals surface area (Å²) in [6, 6.07) is 0. The van der Waals surface area contributed by atoms with Crippen LogP contribution in [0.15, 0.2) is 24.3 Å². The molecule has 0 saturated heterocycles. The molecule has 1 nitrogen and oxygen atoms in total. The van der Waals surface area contributed by atoms with Crippen molar-refractivity contribution in [2.75, 3.05) is 0 Å². The summed E-state index contributed by atoms with van der Waals surface area (Å²) in [6.07, 6.45) is 8.16. The van der Waals surface area contributed by atoms with E-state index in [-0.39, 0.29) is 11.3 Å². The quantitative estimate of drug-likeness (QED) is 0.513. The second kappa shape index (κ2) is 1.84. The highest BCUT2D eigenvalue weighted by atomic mass is 16.1. The first-order valence-electron chi connectivity index (χ1n) is 4.03. The van der Waals surface area contributed by atoms with Crippen LogP contribution in [0.1, 0.15) is 13.8 Å². The highest BCUT2D eigenvalue weighted by Crippen LogP contribution is 2.49. The molecule has 0 N–H and O–H groups in total. The van der Waals surface area contributed by atoms with Crippen molar-refractivity contribution >= 4 is 5.78 Å². The maximum absolute atomic E-state index is 11.4. The van der Waals surface area contributed by atoms with Gasteiger partial charge in [0.25, 0.3) is 0 Å². The van der Waals surface area contributed by atoms with Crippen molar-refractivity contribution in [1.82, 2.24) is 0 Å². The standard InChI is InChI=1S/C10H12O/c1-10(2)8-6-4-3-5-7(8)9(10)11/h3-8H,1-2H3. The fraction of sp³-hybridized carbons (Fsp3) is 0.500. The van der Waals surface area contributed by atoms with Crippen molar-refractivity contribution in [2.45, 2.75) is 13.8 Å². The molecule has 0 bridgehead atoms. The van der Waals surface area contributed by atoms with Gasteiger partial charge in [-0.25, -0.2) is 0 Å². The van der Waals surface area contributed by atoms with Crippen LogP contribution in [0, 0.1) is 17.3 Å². The maximum atomic E-state index is 11.4. The first kappa shape index (κ1) is 6.84. The summed E-state index contributed by atoms with van der Waals surface area (Å²) < 4.78 is 0. The summed E-state index contributed by atoms with van der Waals surface area (Å²) in [5.74, 6) is 1.04. The van der Waals surface area contributed by atoms with Crippen LogP contribution in [0.2, 0.25) is 0 Å². The molecule has 2 aliphatic rings. The van der Waals surface area contributed by atoms with Gasteiger partial charge in [-0.2, -0.15) is 0 Å². The van der Waals surface area contributed by atoms with Gasteiger partial charge >= 0.3 is 0 Å². The predicted octanol–water partition coefficient (Wildman–Crippen LogP) is 1.95.